The van der Waals surface area contributed by atoms with Crippen molar-refractivity contribution in [3.63, 3.8) is 0 Å². The van der Waals surface area contributed by atoms with Gasteiger partial charge in [-0.1, -0.05) is 0 Å². The number of hydrogen-bond donors (Lipinski definition) is 0. The molecule has 0 aliphatic carbocycles. The van der Waals surface area contributed by atoms with Gasteiger partial charge in [0.05, 0.1) is 23.3 Å². The lowest BCUT2D eigenvalue weighted by Gasteiger charge is -2.08. The zero-order valence-electron chi connectivity index (χ0n) is 10.6. The minimum absolute atomic E-state index is 0.0955. The highest BCUT2D eigenvalue weighted by Crippen LogP contribution is 2.27. The van der Waals surface area contributed by atoms with E-state index in [2.05, 4.69) is 0 Å². The van der Waals surface area contributed by atoms with E-state index in [9.17, 15) is 22.9 Å². The van der Waals surface area contributed by atoms with E-state index >= 15 is 0 Å². The topological polar surface area (TPSA) is 86.5 Å². The number of nitrogens with zero attached hydrogens (tertiary/aromatic N) is 1. The lowest BCUT2D eigenvalue weighted by Crippen LogP contribution is -2.04. The van der Waals surface area contributed by atoms with Gasteiger partial charge in [0, 0.05) is 16.2 Å². The first-order chi connectivity index (χ1) is 9.20. The summed E-state index contributed by atoms with van der Waals surface area (Å²) in [6.07, 6.45) is 0.668. The first-order valence-electron chi connectivity index (χ1n) is 5.70. The first kappa shape index (κ1) is 16.6. The SMILES string of the molecule is Cc1cc(OCCCCS(=O)(=O)Cl)c(F)cc1[N+](=O)[O-]. The minimum atomic E-state index is -3.53. The Kier molecular flexibility index (Phi) is 5.70. The molecule has 0 radical (unpaired) electrons. The summed E-state index contributed by atoms with van der Waals surface area (Å²) in [7, 11) is 1.50. The predicted octanol–water partition coefficient (Wildman–Crippen LogP) is 2.77. The lowest BCUT2D eigenvalue weighted by molar-refractivity contribution is -0.385. The minimum Gasteiger partial charge on any atom is -0.491 e. The summed E-state index contributed by atoms with van der Waals surface area (Å²) in [6.45, 7) is 1.57. The third kappa shape index (κ3) is 5.30. The fourth-order valence-corrected chi connectivity index (χ4v) is 2.39. The first-order valence-corrected chi connectivity index (χ1v) is 8.18. The summed E-state index contributed by atoms with van der Waals surface area (Å²) in [4.78, 5) is 9.93. The van der Waals surface area contributed by atoms with Crippen LogP contribution in [0.15, 0.2) is 12.1 Å². The molecule has 0 bridgehead atoms. The number of nitro benzene ring substituents is 1. The zero-order chi connectivity index (χ0) is 15.3. The quantitative estimate of drug-likeness (QED) is 0.333. The largest absolute Gasteiger partial charge is 0.491 e. The molecule has 0 aliphatic heterocycles. The summed E-state index contributed by atoms with van der Waals surface area (Å²) < 4.78 is 40.0. The Hall–Kier alpha value is -1.41. The number of hydrogen-bond acceptors (Lipinski definition) is 5. The maximum absolute atomic E-state index is 13.5. The van der Waals surface area contributed by atoms with Crippen LogP contribution in [0.25, 0.3) is 0 Å². The van der Waals surface area contributed by atoms with Crippen molar-refractivity contribution >= 4 is 25.4 Å². The number of halogens is 2. The Balaban J connectivity index is 2.57. The standard InChI is InChI=1S/C11H13ClFNO5S/c1-8-6-11(9(13)7-10(8)14(15)16)19-4-2-3-5-20(12,17)18/h6-7H,2-5H2,1H3. The Morgan fingerprint density at radius 2 is 2.05 bits per heavy atom. The molecule has 6 nitrogen and oxygen atoms in total. The van der Waals surface area contributed by atoms with Gasteiger partial charge in [0.2, 0.25) is 9.05 Å². The normalized spacial score (nSPS) is 11.3. The number of unbranched alkanes of at least 4 members (excludes halogenated alkanes) is 1. The van der Waals surface area contributed by atoms with Gasteiger partial charge >= 0.3 is 0 Å². The number of aryl methyl sites for hydroxylation is 1. The molecule has 1 aromatic carbocycles. The van der Waals surface area contributed by atoms with Crippen LogP contribution in [0, 0.1) is 22.9 Å². The molecule has 9 heteroatoms. The molecule has 112 valence electrons. The molecule has 0 aromatic heterocycles. The highest BCUT2D eigenvalue weighted by Gasteiger charge is 2.16. The predicted molar refractivity (Wildman–Crippen MR) is 72.2 cm³/mol. The second-order valence-electron chi connectivity index (χ2n) is 4.12. The van der Waals surface area contributed by atoms with Crippen LogP contribution < -0.4 is 4.74 Å². The smallest absolute Gasteiger partial charge is 0.275 e. The Bertz CT molecular complexity index is 605. The molecule has 0 saturated heterocycles. The van der Waals surface area contributed by atoms with Gasteiger partial charge in [-0.05, 0) is 25.8 Å². The van der Waals surface area contributed by atoms with E-state index in [1.165, 1.54) is 13.0 Å². The van der Waals surface area contributed by atoms with Crippen molar-refractivity contribution in [2.24, 2.45) is 0 Å². The van der Waals surface area contributed by atoms with E-state index in [1.807, 2.05) is 0 Å². The summed E-state index contributed by atoms with van der Waals surface area (Å²) in [5, 5.41) is 10.6. The van der Waals surface area contributed by atoms with Gasteiger partial charge in [-0.15, -0.1) is 0 Å². The second kappa shape index (κ2) is 6.85. The van der Waals surface area contributed by atoms with Crippen LogP contribution >= 0.6 is 10.7 Å². The Morgan fingerprint density at radius 1 is 1.40 bits per heavy atom. The maximum Gasteiger partial charge on any atom is 0.275 e. The Morgan fingerprint density at radius 3 is 2.60 bits per heavy atom. The van der Waals surface area contributed by atoms with Crippen LogP contribution in [0.1, 0.15) is 18.4 Å². The van der Waals surface area contributed by atoms with Crippen molar-refractivity contribution < 1.29 is 22.5 Å². The average molecular weight is 326 g/mol. The number of rotatable bonds is 7. The molecule has 0 N–H and O–H groups in total. The van der Waals surface area contributed by atoms with E-state index in [4.69, 9.17) is 15.4 Å². The van der Waals surface area contributed by atoms with Crippen molar-refractivity contribution in [3.05, 3.63) is 33.6 Å². The van der Waals surface area contributed by atoms with E-state index < -0.39 is 19.8 Å². The van der Waals surface area contributed by atoms with Gasteiger partial charge in [-0.25, -0.2) is 12.8 Å². The highest BCUT2D eigenvalue weighted by molar-refractivity contribution is 8.13. The molecule has 0 spiro atoms. The van der Waals surface area contributed by atoms with Gasteiger partial charge in [0.1, 0.15) is 0 Å². The van der Waals surface area contributed by atoms with Crippen molar-refractivity contribution in [2.75, 3.05) is 12.4 Å². The highest BCUT2D eigenvalue weighted by atomic mass is 35.7. The Labute approximate surface area is 120 Å². The molecule has 0 unspecified atom stereocenters. The fraction of sp³-hybridized carbons (Fsp3) is 0.455. The van der Waals surface area contributed by atoms with E-state index in [-0.39, 0.29) is 29.4 Å². The third-order valence-corrected chi connectivity index (χ3v) is 3.73. The van der Waals surface area contributed by atoms with Crippen LogP contribution in [0.4, 0.5) is 10.1 Å². The average Bonchev–Trinajstić information content (AvgIpc) is 2.30. The molecule has 0 aliphatic rings. The van der Waals surface area contributed by atoms with Gasteiger partial charge in [-0.3, -0.25) is 10.1 Å². The van der Waals surface area contributed by atoms with Crippen LogP contribution in [-0.4, -0.2) is 25.7 Å². The van der Waals surface area contributed by atoms with Crippen molar-refractivity contribution in [1.82, 2.24) is 0 Å². The third-order valence-electron chi connectivity index (χ3n) is 2.49. The summed E-state index contributed by atoms with van der Waals surface area (Å²) in [5.41, 5.74) is -0.0298. The maximum atomic E-state index is 13.5. The van der Waals surface area contributed by atoms with Crippen molar-refractivity contribution in [2.45, 2.75) is 19.8 Å². The molecular formula is C11H13ClFNO5S. The lowest BCUT2D eigenvalue weighted by atomic mass is 10.2. The second-order valence-corrected chi connectivity index (χ2v) is 7.02. The molecule has 20 heavy (non-hydrogen) atoms. The number of benzene rings is 1. The molecule has 0 amide bonds. The summed E-state index contributed by atoms with van der Waals surface area (Å²) in [6, 6.07) is 2.04. The number of ether oxygens (including phenoxy) is 1. The molecule has 0 heterocycles. The molecule has 0 fully saturated rings. The molecular weight excluding hydrogens is 313 g/mol. The summed E-state index contributed by atoms with van der Waals surface area (Å²) in [5.74, 6) is -1.10. The van der Waals surface area contributed by atoms with Gasteiger partial charge < -0.3 is 4.74 Å². The van der Waals surface area contributed by atoms with Gasteiger partial charge in [0.15, 0.2) is 11.6 Å². The van der Waals surface area contributed by atoms with Crippen molar-refractivity contribution in [1.29, 1.82) is 0 Å². The van der Waals surface area contributed by atoms with Gasteiger partial charge in [0.25, 0.3) is 5.69 Å². The molecule has 0 saturated carbocycles. The van der Waals surface area contributed by atoms with Gasteiger partial charge in [-0.2, -0.15) is 0 Å². The van der Waals surface area contributed by atoms with E-state index in [0.717, 1.165) is 6.07 Å². The number of nitro groups is 1. The van der Waals surface area contributed by atoms with Crippen LogP contribution in [-0.2, 0) is 9.05 Å². The van der Waals surface area contributed by atoms with E-state index in [0.29, 0.717) is 12.8 Å². The molecule has 1 rings (SSSR count). The van der Waals surface area contributed by atoms with E-state index in [1.54, 1.807) is 0 Å². The zero-order valence-corrected chi connectivity index (χ0v) is 12.2. The molecule has 1 aromatic rings. The van der Waals surface area contributed by atoms with Crippen molar-refractivity contribution in [3.8, 4) is 5.75 Å². The van der Waals surface area contributed by atoms with Crippen LogP contribution in [0.5, 0.6) is 5.75 Å². The fourth-order valence-electron chi connectivity index (χ4n) is 1.51. The van der Waals surface area contributed by atoms with Crippen LogP contribution in [0.2, 0.25) is 0 Å². The monoisotopic (exact) mass is 325 g/mol. The van der Waals surface area contributed by atoms with Crippen LogP contribution in [0.3, 0.4) is 0 Å². The molecule has 0 atom stereocenters. The summed E-state index contributed by atoms with van der Waals surface area (Å²) >= 11 is 0.